The van der Waals surface area contributed by atoms with Crippen molar-refractivity contribution >= 4 is 113 Å². The minimum absolute atomic E-state index is 0.0252. The van der Waals surface area contributed by atoms with Gasteiger partial charge in [-0.15, -0.1) is 46.2 Å². The van der Waals surface area contributed by atoms with Gasteiger partial charge in [-0.05, 0) is 176 Å². The molecule has 2 aromatic heterocycles. The van der Waals surface area contributed by atoms with Gasteiger partial charge in [0.15, 0.2) is 0 Å². The summed E-state index contributed by atoms with van der Waals surface area (Å²) in [5.41, 5.74) is 7.91. The number of thioether (sulfide) groups is 2. The zero-order valence-corrected chi connectivity index (χ0v) is 67.0. The van der Waals surface area contributed by atoms with Crippen LogP contribution in [-0.2, 0) is 84.1 Å². The van der Waals surface area contributed by atoms with Gasteiger partial charge in [-0.3, -0.25) is 24.0 Å². The zero-order chi connectivity index (χ0) is 77.9. The highest BCUT2D eigenvalue weighted by Crippen LogP contribution is 2.36. The molecule has 3 aliphatic rings. The number of hydrogen-bond donors (Lipinski definition) is 0. The predicted octanol–water partition coefficient (Wildman–Crippen LogP) is 17.5. The van der Waals surface area contributed by atoms with Crippen LogP contribution in [0.5, 0.6) is 11.5 Å². The van der Waals surface area contributed by atoms with Gasteiger partial charge in [0.25, 0.3) is 17.7 Å². The van der Waals surface area contributed by atoms with E-state index in [2.05, 4.69) is 18.2 Å². The van der Waals surface area contributed by atoms with Gasteiger partial charge in [0.1, 0.15) is 42.3 Å². The number of esters is 3. The number of ether oxygens (including phenoxy) is 5. The summed E-state index contributed by atoms with van der Waals surface area (Å²) in [5.74, 6) is 0.132. The highest BCUT2D eigenvalue weighted by atomic mass is 32.2. The molecule has 0 radical (unpaired) electrons. The number of nitrogens with zero attached hydrogens (tertiary/aromatic N) is 4. The van der Waals surface area contributed by atoms with E-state index in [-0.39, 0.29) is 59.9 Å². The normalized spacial score (nSPS) is 15.1. The quantitative estimate of drug-likeness (QED) is 0.0397. The van der Waals surface area contributed by atoms with Crippen molar-refractivity contribution < 1.29 is 60.9 Å². The van der Waals surface area contributed by atoms with Crippen LogP contribution in [-0.4, -0.2) is 132 Å². The summed E-state index contributed by atoms with van der Waals surface area (Å²) >= 11 is 6.26. The van der Waals surface area contributed by atoms with Crippen molar-refractivity contribution in [3.8, 4) is 11.5 Å². The third-order valence-corrected chi connectivity index (χ3v) is 24.8. The Bertz CT molecular complexity index is 5130. The predicted molar refractivity (Wildman–Crippen MR) is 438 cm³/mol. The topological polar surface area (TPSA) is 196 Å². The lowest BCUT2D eigenvalue weighted by Crippen LogP contribution is -2.49. The number of hydrogen-bond acceptors (Lipinski definition) is 17. The first-order valence-electron chi connectivity index (χ1n) is 36.5. The van der Waals surface area contributed by atoms with Gasteiger partial charge in [0.2, 0.25) is 10.0 Å². The largest absolute Gasteiger partial charge is 0.491 e. The maximum Gasteiger partial charge on any atom is 0.329 e. The second-order valence-corrected chi connectivity index (χ2v) is 33.4. The van der Waals surface area contributed by atoms with Crippen LogP contribution in [0.3, 0.4) is 0 Å². The van der Waals surface area contributed by atoms with Crippen molar-refractivity contribution in [2.24, 2.45) is 0 Å². The maximum atomic E-state index is 13.6. The molecule has 3 atom stereocenters. The number of benzene rings is 9. The van der Waals surface area contributed by atoms with E-state index in [9.17, 15) is 37.2 Å². The number of rotatable bonds is 20. The van der Waals surface area contributed by atoms with Crippen molar-refractivity contribution in [2.45, 2.75) is 124 Å². The molecule has 11 aromatic rings. The molecular weight excluding hydrogens is 1480 g/mol. The Labute approximate surface area is 660 Å². The van der Waals surface area contributed by atoms with Gasteiger partial charge < -0.3 is 38.4 Å². The average Bonchev–Trinajstić information content (AvgIpc) is 0.873. The van der Waals surface area contributed by atoms with Crippen LogP contribution in [0.15, 0.2) is 250 Å². The number of carbonyl (C=O) groups excluding carboxylic acids is 6. The summed E-state index contributed by atoms with van der Waals surface area (Å²) < 4.78 is 58.3. The first kappa shape index (κ1) is 80.9. The van der Waals surface area contributed by atoms with Gasteiger partial charge in [-0.1, -0.05) is 176 Å². The fourth-order valence-electron chi connectivity index (χ4n) is 13.4. The van der Waals surface area contributed by atoms with Gasteiger partial charge in [0, 0.05) is 50.0 Å². The Morgan fingerprint density at radius 3 is 1.55 bits per heavy atom. The lowest BCUT2D eigenvalue weighted by atomic mass is 9.92. The van der Waals surface area contributed by atoms with Crippen molar-refractivity contribution in [3.63, 3.8) is 0 Å². The number of amides is 3. The van der Waals surface area contributed by atoms with Crippen molar-refractivity contribution in [3.05, 3.63) is 291 Å². The van der Waals surface area contributed by atoms with Gasteiger partial charge in [0.05, 0.1) is 48.9 Å². The molecule has 3 amide bonds. The molecule has 570 valence electrons. The van der Waals surface area contributed by atoms with Crippen molar-refractivity contribution in [1.82, 2.24) is 19.0 Å². The van der Waals surface area contributed by atoms with E-state index in [4.69, 9.17) is 23.7 Å². The van der Waals surface area contributed by atoms with Gasteiger partial charge >= 0.3 is 17.9 Å². The second-order valence-electron chi connectivity index (χ2n) is 27.1. The summed E-state index contributed by atoms with van der Waals surface area (Å²) in [6, 6.07) is 73.5. The van der Waals surface area contributed by atoms with Crippen LogP contribution in [0.2, 0.25) is 0 Å². The van der Waals surface area contributed by atoms with Crippen LogP contribution in [0.4, 0.5) is 0 Å². The van der Waals surface area contributed by atoms with E-state index in [1.54, 1.807) is 78.7 Å². The molecule has 14 rings (SSSR count). The molecule has 0 saturated heterocycles. The molecule has 110 heavy (non-hydrogen) atoms. The molecule has 5 heterocycles. The molecule has 3 unspecified atom stereocenters. The van der Waals surface area contributed by atoms with Gasteiger partial charge in [-0.2, -0.15) is 4.31 Å². The van der Waals surface area contributed by atoms with Gasteiger partial charge in [-0.25, -0.2) is 13.2 Å². The Morgan fingerprint density at radius 1 is 0.482 bits per heavy atom. The van der Waals surface area contributed by atoms with E-state index in [0.29, 0.717) is 68.1 Å². The SMILES string of the molecule is CCOC(=O)C1Cc2ccccc2CN1C(=O)c1cccc2ccccc12.CCOC(=O)C1Cc2ccccc2CN1S(=O)(=O)c1cccc2ccccc12.CCOC(=O)CN(Cc1ccccc1)C(=O)c1ccc(SC)s1.CSc1ccc(C(=O)N2Cc3ccccc3CC2COc2ccc(OC(C)(C)C)cc2)s1. The lowest BCUT2D eigenvalue weighted by molar-refractivity contribution is -0.149. The molecule has 0 spiro atoms. The highest BCUT2D eigenvalue weighted by Gasteiger charge is 2.42. The first-order valence-corrected chi connectivity index (χ1v) is 42.0. The molecule has 0 fully saturated rings. The van der Waals surface area contributed by atoms with Crippen molar-refractivity contribution in [2.75, 3.05) is 45.5 Å². The van der Waals surface area contributed by atoms with E-state index in [1.807, 2.05) is 238 Å². The van der Waals surface area contributed by atoms with E-state index in [0.717, 1.165) is 75.2 Å². The number of fused-ring (bicyclic) bond motifs is 5. The Morgan fingerprint density at radius 2 is 0.964 bits per heavy atom. The molecule has 3 aliphatic heterocycles. The summed E-state index contributed by atoms with van der Waals surface area (Å²) in [4.78, 5) is 83.4. The second kappa shape index (κ2) is 38.0. The van der Waals surface area contributed by atoms with Crippen LogP contribution in [0.1, 0.15) is 110 Å². The summed E-state index contributed by atoms with van der Waals surface area (Å²) in [7, 11) is -3.91. The average molecular weight is 1570 g/mol. The molecule has 0 aliphatic carbocycles. The smallest absolute Gasteiger partial charge is 0.329 e. The summed E-state index contributed by atoms with van der Waals surface area (Å²) in [5, 5.41) is 3.39. The van der Waals surface area contributed by atoms with E-state index >= 15 is 0 Å². The first-order chi connectivity index (χ1) is 53.2. The summed E-state index contributed by atoms with van der Waals surface area (Å²) in [6.45, 7) is 14.1. The molecule has 0 N–H and O–H groups in total. The van der Waals surface area contributed by atoms with Crippen LogP contribution in [0, 0.1) is 0 Å². The van der Waals surface area contributed by atoms with Crippen LogP contribution < -0.4 is 9.47 Å². The van der Waals surface area contributed by atoms with Crippen molar-refractivity contribution in [1.29, 1.82) is 0 Å². The van der Waals surface area contributed by atoms with Crippen LogP contribution in [0.25, 0.3) is 21.5 Å². The number of carbonyl (C=O) groups is 6. The molecule has 0 saturated carbocycles. The molecule has 17 nitrogen and oxygen atoms in total. The summed E-state index contributed by atoms with van der Waals surface area (Å²) in [6.07, 6.45) is 5.57. The fourth-order valence-corrected chi connectivity index (χ4v) is 18.2. The molecule has 9 aromatic carbocycles. The number of thiophene rings is 2. The Kier molecular flexibility index (Phi) is 28.0. The monoisotopic (exact) mass is 1570 g/mol. The molecular formula is C88H90N4O13S5. The molecule has 0 bridgehead atoms. The number of sulfonamides is 1. The maximum absolute atomic E-state index is 13.6. The fraction of sp³-hybridized carbons (Fsp3) is 0.273. The third kappa shape index (κ3) is 20.5. The van der Waals surface area contributed by atoms with E-state index < -0.39 is 34.0 Å². The highest BCUT2D eigenvalue weighted by molar-refractivity contribution is 8.00. The third-order valence-electron chi connectivity index (χ3n) is 18.6. The van der Waals surface area contributed by atoms with Crippen LogP contribution >= 0.6 is 46.2 Å². The molecule has 22 heteroatoms. The standard InChI is InChI=1S/C26H29NO3S2.C23H21NO3.C22H21NO4S.C17H19NO3S2/c1-26(2,3)30-22-11-9-21(10-12-22)29-17-20-15-18-7-5-6-8-19(18)16-27(20)25(28)23-13-14-24(31-4)32-23;1-2-27-23(26)21-14-17-9-3-4-10-18(17)15-24(21)22(25)20-13-7-11-16-8-5-6-12-19(16)20;1-2-27-22(24)20-14-17-9-3-4-10-18(17)15-23(20)28(25,26)21-13-7-11-16-8-5-6-12-19(16)21;1-3-21-15(19)12-18(11-13-7-5-4-6-8-13)17(20)14-9-10-16(22-2)23-14/h5-14,20H,15-17H2,1-4H3;3-13,21H,2,14-15H2,1H3;3-13,20H,2,14-15H2,1H3;4-10H,3,11-12H2,1-2H3. The van der Waals surface area contributed by atoms with E-state index in [1.165, 1.54) is 31.7 Å². The minimum Gasteiger partial charge on any atom is -0.491 e. The Balaban J connectivity index is 0.000000146. The zero-order valence-electron chi connectivity index (χ0n) is 62.9. The Hall–Kier alpha value is -10.1. The lowest BCUT2D eigenvalue weighted by Gasteiger charge is -2.36. The minimum atomic E-state index is -3.91.